The summed E-state index contributed by atoms with van der Waals surface area (Å²) in [7, 11) is 0. The van der Waals surface area contributed by atoms with E-state index in [4.69, 9.17) is 0 Å². The zero-order chi connectivity index (χ0) is 14.7. The van der Waals surface area contributed by atoms with Gasteiger partial charge < -0.3 is 5.32 Å². The van der Waals surface area contributed by atoms with Crippen LogP contribution in [0.25, 0.3) is 0 Å². The standard InChI is InChI=1S/C17H29N3S/c1-13-12-21-17(19-13)8-9-20-11-16(18-10-14(20)2)15-6-4-3-5-7-15/h12,14-16,18H,3-11H2,1-2H3. The molecule has 0 radical (unpaired) electrons. The van der Waals surface area contributed by atoms with Crippen LogP contribution in [0.3, 0.4) is 0 Å². The third kappa shape index (κ3) is 4.05. The minimum atomic E-state index is 0.658. The van der Waals surface area contributed by atoms with E-state index in [2.05, 4.69) is 34.4 Å². The van der Waals surface area contributed by atoms with Crippen molar-refractivity contribution in [1.29, 1.82) is 0 Å². The van der Waals surface area contributed by atoms with E-state index < -0.39 is 0 Å². The smallest absolute Gasteiger partial charge is 0.0940 e. The fraction of sp³-hybridized carbons (Fsp3) is 0.824. The van der Waals surface area contributed by atoms with Gasteiger partial charge in [0.25, 0.3) is 0 Å². The first-order valence-corrected chi connectivity index (χ1v) is 9.49. The van der Waals surface area contributed by atoms with Gasteiger partial charge in [-0.25, -0.2) is 4.98 Å². The highest BCUT2D eigenvalue weighted by Gasteiger charge is 2.30. The van der Waals surface area contributed by atoms with Crippen molar-refractivity contribution in [2.75, 3.05) is 19.6 Å². The molecule has 0 amide bonds. The Morgan fingerprint density at radius 3 is 2.86 bits per heavy atom. The lowest BCUT2D eigenvalue weighted by Gasteiger charge is -2.42. The molecule has 1 saturated carbocycles. The molecule has 1 aromatic heterocycles. The quantitative estimate of drug-likeness (QED) is 0.925. The zero-order valence-corrected chi connectivity index (χ0v) is 14.3. The van der Waals surface area contributed by atoms with E-state index >= 15 is 0 Å². The molecule has 3 rings (SSSR count). The Balaban J connectivity index is 1.53. The number of piperazine rings is 1. The monoisotopic (exact) mass is 307 g/mol. The molecule has 0 bridgehead atoms. The molecule has 118 valence electrons. The lowest BCUT2D eigenvalue weighted by molar-refractivity contribution is 0.105. The molecule has 4 heteroatoms. The van der Waals surface area contributed by atoms with Crippen LogP contribution >= 0.6 is 11.3 Å². The van der Waals surface area contributed by atoms with Crippen LogP contribution in [-0.2, 0) is 6.42 Å². The topological polar surface area (TPSA) is 28.2 Å². The summed E-state index contributed by atoms with van der Waals surface area (Å²) in [6, 6.07) is 1.38. The Morgan fingerprint density at radius 1 is 1.33 bits per heavy atom. The Labute approximate surface area is 133 Å². The molecule has 21 heavy (non-hydrogen) atoms. The van der Waals surface area contributed by atoms with Crippen LogP contribution in [-0.4, -0.2) is 41.6 Å². The minimum absolute atomic E-state index is 0.658. The van der Waals surface area contributed by atoms with Gasteiger partial charge in [0, 0.05) is 49.2 Å². The van der Waals surface area contributed by atoms with E-state index in [-0.39, 0.29) is 0 Å². The lowest BCUT2D eigenvalue weighted by atomic mass is 9.82. The van der Waals surface area contributed by atoms with Gasteiger partial charge >= 0.3 is 0 Å². The maximum atomic E-state index is 4.61. The van der Waals surface area contributed by atoms with Crippen LogP contribution in [0.5, 0.6) is 0 Å². The number of rotatable bonds is 4. The van der Waals surface area contributed by atoms with Crippen LogP contribution in [0.2, 0.25) is 0 Å². The van der Waals surface area contributed by atoms with Crippen LogP contribution in [0.4, 0.5) is 0 Å². The molecule has 2 unspecified atom stereocenters. The average molecular weight is 308 g/mol. The van der Waals surface area contributed by atoms with Gasteiger partial charge in [-0.2, -0.15) is 0 Å². The molecular weight excluding hydrogens is 278 g/mol. The maximum Gasteiger partial charge on any atom is 0.0940 e. The molecule has 2 aliphatic rings. The van der Waals surface area contributed by atoms with Crippen molar-refractivity contribution in [3.8, 4) is 0 Å². The molecule has 3 nitrogen and oxygen atoms in total. The zero-order valence-electron chi connectivity index (χ0n) is 13.5. The molecule has 1 aliphatic heterocycles. The third-order valence-electron chi connectivity index (χ3n) is 5.23. The van der Waals surface area contributed by atoms with E-state index in [1.54, 1.807) is 0 Å². The largest absolute Gasteiger partial charge is 0.311 e. The number of aromatic nitrogens is 1. The van der Waals surface area contributed by atoms with E-state index in [0.717, 1.165) is 24.9 Å². The Bertz CT molecular complexity index is 439. The molecule has 1 aliphatic carbocycles. The Morgan fingerprint density at radius 2 is 2.14 bits per heavy atom. The summed E-state index contributed by atoms with van der Waals surface area (Å²) in [4.78, 5) is 7.29. The Kier molecular flexibility index (Phi) is 5.30. The molecule has 1 aromatic rings. The van der Waals surface area contributed by atoms with Crippen molar-refractivity contribution in [3.63, 3.8) is 0 Å². The number of nitrogens with zero attached hydrogens (tertiary/aromatic N) is 2. The molecule has 1 N–H and O–H groups in total. The van der Waals surface area contributed by atoms with E-state index in [1.807, 2.05) is 11.3 Å². The van der Waals surface area contributed by atoms with E-state index in [9.17, 15) is 0 Å². The van der Waals surface area contributed by atoms with Crippen LogP contribution < -0.4 is 5.32 Å². The van der Waals surface area contributed by atoms with E-state index in [0.29, 0.717) is 6.04 Å². The van der Waals surface area contributed by atoms with Gasteiger partial charge in [-0.05, 0) is 32.6 Å². The van der Waals surface area contributed by atoms with Crippen molar-refractivity contribution in [3.05, 3.63) is 16.1 Å². The first kappa shape index (κ1) is 15.4. The highest BCUT2D eigenvalue weighted by molar-refractivity contribution is 7.09. The van der Waals surface area contributed by atoms with Gasteiger partial charge in [-0.3, -0.25) is 4.90 Å². The molecule has 2 fully saturated rings. The maximum absolute atomic E-state index is 4.61. The number of hydrogen-bond donors (Lipinski definition) is 1. The molecule has 1 saturated heterocycles. The fourth-order valence-electron chi connectivity index (χ4n) is 3.87. The lowest BCUT2D eigenvalue weighted by Crippen LogP contribution is -2.58. The summed E-state index contributed by atoms with van der Waals surface area (Å²) >= 11 is 1.81. The second-order valence-electron chi connectivity index (χ2n) is 6.89. The van der Waals surface area contributed by atoms with Gasteiger partial charge in [-0.1, -0.05) is 19.3 Å². The van der Waals surface area contributed by atoms with Crippen molar-refractivity contribution in [2.45, 2.75) is 64.5 Å². The summed E-state index contributed by atoms with van der Waals surface area (Å²) in [5, 5.41) is 7.28. The number of aryl methyl sites for hydroxylation is 1. The first-order valence-electron chi connectivity index (χ1n) is 8.61. The van der Waals surface area contributed by atoms with Crippen molar-refractivity contribution in [2.24, 2.45) is 5.92 Å². The molecule has 2 heterocycles. The fourth-order valence-corrected chi connectivity index (χ4v) is 4.63. The SMILES string of the molecule is Cc1csc(CCN2CC(C3CCCCC3)NCC2C)n1. The Hall–Kier alpha value is -0.450. The third-order valence-corrected chi connectivity index (χ3v) is 6.25. The number of nitrogens with one attached hydrogen (secondary N) is 1. The van der Waals surface area contributed by atoms with Crippen molar-refractivity contribution in [1.82, 2.24) is 15.2 Å². The highest BCUT2D eigenvalue weighted by Crippen LogP contribution is 2.28. The number of thiazole rings is 1. The van der Waals surface area contributed by atoms with Gasteiger partial charge in [0.2, 0.25) is 0 Å². The number of hydrogen-bond acceptors (Lipinski definition) is 4. The van der Waals surface area contributed by atoms with Gasteiger partial charge in [-0.15, -0.1) is 11.3 Å². The summed E-state index contributed by atoms with van der Waals surface area (Å²) < 4.78 is 0. The highest BCUT2D eigenvalue weighted by atomic mass is 32.1. The molecular formula is C17H29N3S. The van der Waals surface area contributed by atoms with Crippen LogP contribution in [0.15, 0.2) is 5.38 Å². The molecule has 2 atom stereocenters. The van der Waals surface area contributed by atoms with Gasteiger partial charge in [0.1, 0.15) is 0 Å². The van der Waals surface area contributed by atoms with Gasteiger partial charge in [0.15, 0.2) is 0 Å². The van der Waals surface area contributed by atoms with Crippen molar-refractivity contribution >= 4 is 11.3 Å². The van der Waals surface area contributed by atoms with Crippen LogP contribution in [0, 0.1) is 12.8 Å². The summed E-state index contributed by atoms with van der Waals surface area (Å²) in [5.41, 5.74) is 1.17. The normalized spacial score (nSPS) is 28.9. The summed E-state index contributed by atoms with van der Waals surface area (Å²) in [5.74, 6) is 0.913. The minimum Gasteiger partial charge on any atom is -0.311 e. The summed E-state index contributed by atoms with van der Waals surface area (Å²) in [6.45, 7) is 8.00. The second kappa shape index (κ2) is 7.21. The molecule has 0 aromatic carbocycles. The predicted octanol–water partition coefficient (Wildman–Crippen LogP) is 3.24. The molecule has 0 spiro atoms. The second-order valence-corrected chi connectivity index (χ2v) is 7.83. The van der Waals surface area contributed by atoms with Crippen LogP contribution in [0.1, 0.15) is 49.7 Å². The average Bonchev–Trinajstić information content (AvgIpc) is 2.93. The van der Waals surface area contributed by atoms with Gasteiger partial charge in [0.05, 0.1) is 5.01 Å². The van der Waals surface area contributed by atoms with E-state index in [1.165, 1.54) is 55.9 Å². The summed E-state index contributed by atoms with van der Waals surface area (Å²) in [6.07, 6.45) is 8.32. The van der Waals surface area contributed by atoms with Crippen molar-refractivity contribution < 1.29 is 0 Å². The first-order chi connectivity index (χ1) is 10.2. The predicted molar refractivity (Wildman–Crippen MR) is 90.0 cm³/mol.